The molecule has 0 amide bonds. The first-order valence-electron chi connectivity index (χ1n) is 6.37. The van der Waals surface area contributed by atoms with Crippen molar-refractivity contribution in [2.75, 3.05) is 6.50 Å². The average molecular weight is 224 g/mol. The number of nitrogens with zero attached hydrogens (tertiary/aromatic N) is 3. The Balaban J connectivity index is 2.67. The highest BCUT2D eigenvalue weighted by Crippen LogP contribution is 2.17. The van der Waals surface area contributed by atoms with Crippen molar-refractivity contribution in [2.24, 2.45) is 0 Å². The summed E-state index contributed by atoms with van der Waals surface area (Å²) in [7, 11) is 0. The summed E-state index contributed by atoms with van der Waals surface area (Å²) in [4.78, 5) is 0. The summed E-state index contributed by atoms with van der Waals surface area (Å²) in [6, 6.07) is -1.42. The molecular weight excluding hydrogens is 208 g/mol. The lowest BCUT2D eigenvalue weighted by atomic mass is 10.2. The average Bonchev–Trinajstić information content (AvgIpc) is 2.53. The van der Waals surface area contributed by atoms with Crippen molar-refractivity contribution in [3.8, 4) is 0 Å². The minimum Gasteiger partial charge on any atom is -0.306 e. The van der Waals surface area contributed by atoms with Gasteiger partial charge in [-0.15, -0.1) is 10.2 Å². The van der Waals surface area contributed by atoms with E-state index in [1.54, 1.807) is 0 Å². The topological polar surface area (TPSA) is 42.7 Å². The van der Waals surface area contributed by atoms with Crippen molar-refractivity contribution in [1.29, 1.82) is 0 Å². The number of nitrogens with one attached hydrogen (secondary N) is 1. The fraction of sp³-hybridized carbons (Fsp3) is 0.667. The number of fused-ring (bicyclic) bond motifs is 1. The van der Waals surface area contributed by atoms with Crippen LogP contribution >= 0.6 is 15.9 Å². The third-order valence-electron chi connectivity index (χ3n) is 1.29. The third kappa shape index (κ3) is 1.08. The molecule has 0 radical (unpaired) electrons. The van der Waals surface area contributed by atoms with Crippen LogP contribution in [-0.2, 0) is 6.50 Å². The Morgan fingerprint density at radius 2 is 2.82 bits per heavy atom. The van der Waals surface area contributed by atoms with Crippen molar-refractivity contribution in [2.45, 2.75) is 19.4 Å². The molecule has 1 aromatic heterocycles. The number of halogens is 1. The number of hydrogen-bond acceptors (Lipinski definition) is 3. The first-order valence-corrected chi connectivity index (χ1v) is 3.67. The van der Waals surface area contributed by atoms with E-state index in [4.69, 9.17) is 9.60 Å². The summed E-state index contributed by atoms with van der Waals surface area (Å²) < 4.78 is 53.6. The van der Waals surface area contributed by atoms with Crippen LogP contribution in [-0.4, -0.2) is 21.3 Å². The second-order valence-corrected chi connectivity index (χ2v) is 2.69. The van der Waals surface area contributed by atoms with Crippen molar-refractivity contribution in [3.63, 3.8) is 0 Å². The SMILES string of the molecule is [2H]C([2H])([2H])C1NC([2H])([2H])C([2H])([2H])n2c(Br)nnc21. The highest BCUT2D eigenvalue weighted by atomic mass is 79.9. The maximum Gasteiger partial charge on any atom is 0.200 e. The molecule has 2 rings (SSSR count). The molecule has 11 heavy (non-hydrogen) atoms. The minimum absolute atomic E-state index is 0.0536. The van der Waals surface area contributed by atoms with Gasteiger partial charge in [0.05, 0.1) is 8.78 Å². The molecule has 1 N–H and O–H groups in total. The van der Waals surface area contributed by atoms with Gasteiger partial charge in [-0.25, -0.2) is 0 Å². The van der Waals surface area contributed by atoms with Gasteiger partial charge in [0.25, 0.3) is 0 Å². The highest BCUT2D eigenvalue weighted by Gasteiger charge is 2.19. The van der Waals surface area contributed by atoms with Crippen LogP contribution in [0.5, 0.6) is 0 Å². The second kappa shape index (κ2) is 2.57. The molecule has 1 aromatic rings. The molecule has 1 aliphatic heterocycles. The minimum atomic E-state index is -2.57. The van der Waals surface area contributed by atoms with E-state index in [0.29, 0.717) is 0 Å². The van der Waals surface area contributed by atoms with Crippen LogP contribution in [0.1, 0.15) is 28.3 Å². The molecule has 0 aliphatic carbocycles. The molecule has 1 aliphatic rings. The summed E-state index contributed by atoms with van der Waals surface area (Å²) in [5.74, 6) is -0.165. The Bertz CT molecular complexity index is 481. The van der Waals surface area contributed by atoms with Gasteiger partial charge in [0.2, 0.25) is 0 Å². The van der Waals surface area contributed by atoms with Gasteiger partial charge in [-0.1, -0.05) is 0 Å². The van der Waals surface area contributed by atoms with Crippen LogP contribution in [0.15, 0.2) is 4.73 Å². The molecule has 5 heteroatoms. The fourth-order valence-corrected chi connectivity index (χ4v) is 1.14. The van der Waals surface area contributed by atoms with Crippen molar-refractivity contribution in [1.82, 2.24) is 20.1 Å². The smallest absolute Gasteiger partial charge is 0.200 e. The molecule has 0 aromatic carbocycles. The summed E-state index contributed by atoms with van der Waals surface area (Å²) in [5.41, 5.74) is 0. The summed E-state index contributed by atoms with van der Waals surface area (Å²) in [6.07, 6.45) is 0. The molecule has 0 saturated carbocycles. The molecule has 0 bridgehead atoms. The van der Waals surface area contributed by atoms with E-state index in [2.05, 4.69) is 31.4 Å². The van der Waals surface area contributed by atoms with Gasteiger partial charge in [-0.05, 0) is 22.8 Å². The van der Waals surface area contributed by atoms with Gasteiger partial charge in [0, 0.05) is 19.8 Å². The van der Waals surface area contributed by atoms with Gasteiger partial charge in [0.1, 0.15) is 0 Å². The van der Waals surface area contributed by atoms with Gasteiger partial charge in [0.15, 0.2) is 10.6 Å². The normalized spacial score (nSPS) is 43.0. The zero-order chi connectivity index (χ0) is 13.9. The van der Waals surface area contributed by atoms with Crippen LogP contribution in [0.4, 0.5) is 0 Å². The number of hydrogen-bond donors (Lipinski definition) is 1. The summed E-state index contributed by atoms with van der Waals surface area (Å²) in [5, 5.41) is 9.30. The maximum absolute atomic E-state index is 7.76. The first-order chi connectivity index (χ1) is 7.98. The van der Waals surface area contributed by atoms with E-state index in [1.807, 2.05) is 0 Å². The zero-order valence-electron chi connectivity index (χ0n) is 12.3. The molecule has 0 spiro atoms. The highest BCUT2D eigenvalue weighted by molar-refractivity contribution is 9.10. The maximum atomic E-state index is 7.76. The van der Waals surface area contributed by atoms with Crippen molar-refractivity contribution < 1.29 is 9.60 Å². The van der Waals surface area contributed by atoms with Gasteiger partial charge in [-0.3, -0.25) is 0 Å². The molecular formula is C6H9BrN4. The molecule has 1 unspecified atom stereocenters. The Kier molecular flexibility index (Phi) is 0.656. The van der Waals surface area contributed by atoms with Crippen LogP contribution in [0.3, 0.4) is 0 Å². The lowest BCUT2D eigenvalue weighted by Crippen LogP contribution is -2.31. The van der Waals surface area contributed by atoms with E-state index in [1.165, 1.54) is 0 Å². The van der Waals surface area contributed by atoms with Crippen molar-refractivity contribution in [3.05, 3.63) is 10.6 Å². The third-order valence-corrected chi connectivity index (χ3v) is 1.80. The van der Waals surface area contributed by atoms with Crippen LogP contribution in [0, 0.1) is 0 Å². The molecule has 4 nitrogen and oxygen atoms in total. The van der Waals surface area contributed by atoms with E-state index in [9.17, 15) is 0 Å². The largest absolute Gasteiger partial charge is 0.306 e. The Morgan fingerprint density at radius 1 is 1.91 bits per heavy atom. The monoisotopic (exact) mass is 223 g/mol. The zero-order valence-corrected chi connectivity index (χ0v) is 6.88. The standard InChI is InChI=1S/C6H9BrN4/c1-4-5-9-10-6(7)11(5)3-2-8-4/h4,8H,2-3H2,1H3/i1D3,2D2,3D2. The van der Waals surface area contributed by atoms with Gasteiger partial charge in [-0.2, -0.15) is 0 Å². The van der Waals surface area contributed by atoms with Crippen LogP contribution < -0.4 is 5.32 Å². The molecule has 0 fully saturated rings. The van der Waals surface area contributed by atoms with E-state index in [0.717, 1.165) is 4.57 Å². The predicted molar refractivity (Wildman–Crippen MR) is 44.1 cm³/mol. The van der Waals surface area contributed by atoms with Gasteiger partial charge >= 0.3 is 0 Å². The molecule has 0 saturated heterocycles. The fourth-order valence-electron chi connectivity index (χ4n) is 0.792. The lowest BCUT2D eigenvalue weighted by molar-refractivity contribution is 0.433. The van der Waals surface area contributed by atoms with E-state index < -0.39 is 25.9 Å². The summed E-state index contributed by atoms with van der Waals surface area (Å²) in [6.45, 7) is -7.63. The lowest BCUT2D eigenvalue weighted by Gasteiger charge is -2.20. The Labute approximate surface area is 83.0 Å². The van der Waals surface area contributed by atoms with E-state index >= 15 is 0 Å². The van der Waals surface area contributed by atoms with E-state index in [-0.39, 0.29) is 10.6 Å². The number of rotatable bonds is 0. The van der Waals surface area contributed by atoms with Crippen LogP contribution in [0.2, 0.25) is 0 Å². The molecule has 1 atom stereocenters. The Morgan fingerprint density at radius 3 is 3.64 bits per heavy atom. The second-order valence-electron chi connectivity index (χ2n) is 1.98. The van der Waals surface area contributed by atoms with Crippen molar-refractivity contribution >= 4 is 15.9 Å². The molecule has 60 valence electrons. The van der Waals surface area contributed by atoms with Gasteiger partial charge < -0.3 is 9.88 Å². The molecule has 2 heterocycles. The Hall–Kier alpha value is -0.420. The van der Waals surface area contributed by atoms with Crippen LogP contribution in [0.25, 0.3) is 0 Å². The summed E-state index contributed by atoms with van der Waals surface area (Å²) >= 11 is 2.94. The first kappa shape index (κ1) is 2.81. The predicted octanol–water partition coefficient (Wildman–Crippen LogP) is 0.705. The quantitative estimate of drug-likeness (QED) is 0.705. The number of aromatic nitrogens is 3.